The number of nitrogens with one attached hydrogen (secondary N) is 1. The maximum Gasteiger partial charge on any atom is 0.241 e. The second-order valence-corrected chi connectivity index (χ2v) is 7.34. The monoisotopic (exact) mass is 310 g/mol. The zero-order chi connectivity index (χ0) is 15.6. The zero-order valence-corrected chi connectivity index (χ0v) is 13.6. The van der Waals surface area contributed by atoms with Gasteiger partial charge in [-0.05, 0) is 44.7 Å². The van der Waals surface area contributed by atoms with Gasteiger partial charge in [-0.1, -0.05) is 17.7 Å². The van der Waals surface area contributed by atoms with Gasteiger partial charge in [0, 0.05) is 13.1 Å². The van der Waals surface area contributed by atoms with Crippen molar-refractivity contribution in [3.05, 3.63) is 28.8 Å². The van der Waals surface area contributed by atoms with Crippen molar-refractivity contribution in [3.63, 3.8) is 0 Å². The summed E-state index contributed by atoms with van der Waals surface area (Å²) >= 11 is 0. The van der Waals surface area contributed by atoms with Crippen LogP contribution in [0.2, 0.25) is 0 Å². The normalized spacial score (nSPS) is 15.5. The Balaban J connectivity index is 2.13. The summed E-state index contributed by atoms with van der Waals surface area (Å²) in [7, 11) is -3.66. The molecule has 21 heavy (non-hydrogen) atoms. The minimum atomic E-state index is -3.66. The van der Waals surface area contributed by atoms with Gasteiger partial charge < -0.3 is 4.90 Å². The van der Waals surface area contributed by atoms with Crippen molar-refractivity contribution in [2.45, 2.75) is 38.5 Å². The third-order valence-corrected chi connectivity index (χ3v) is 5.45. The second-order valence-electron chi connectivity index (χ2n) is 5.64. The number of nitrogens with zero attached hydrogens (tertiary/aromatic N) is 1. The summed E-state index contributed by atoms with van der Waals surface area (Å²) in [6.07, 6.45) is 1.99. The van der Waals surface area contributed by atoms with Crippen LogP contribution in [-0.2, 0) is 14.8 Å². The fourth-order valence-corrected chi connectivity index (χ4v) is 4.32. The topological polar surface area (TPSA) is 66.5 Å². The molecule has 1 aromatic carbocycles. The molecule has 6 heteroatoms. The van der Waals surface area contributed by atoms with Crippen molar-refractivity contribution in [1.29, 1.82) is 0 Å². The van der Waals surface area contributed by atoms with Gasteiger partial charge in [-0.2, -0.15) is 0 Å². The van der Waals surface area contributed by atoms with Crippen molar-refractivity contribution in [2.24, 2.45) is 0 Å². The first-order chi connectivity index (χ1) is 9.81. The lowest BCUT2D eigenvalue weighted by molar-refractivity contribution is -0.128. The molecular weight excluding hydrogens is 288 g/mol. The van der Waals surface area contributed by atoms with E-state index in [4.69, 9.17) is 0 Å². The molecule has 1 saturated heterocycles. The van der Waals surface area contributed by atoms with Gasteiger partial charge in [-0.3, -0.25) is 4.79 Å². The van der Waals surface area contributed by atoms with Gasteiger partial charge in [-0.15, -0.1) is 0 Å². The highest BCUT2D eigenvalue weighted by atomic mass is 32.2. The van der Waals surface area contributed by atoms with Crippen molar-refractivity contribution in [3.8, 4) is 0 Å². The van der Waals surface area contributed by atoms with Crippen LogP contribution in [-0.4, -0.2) is 38.9 Å². The van der Waals surface area contributed by atoms with E-state index in [2.05, 4.69) is 4.72 Å². The molecule has 0 aliphatic carbocycles. The number of aryl methyl sites for hydroxylation is 3. The Morgan fingerprint density at radius 3 is 2.19 bits per heavy atom. The highest BCUT2D eigenvalue weighted by Crippen LogP contribution is 2.21. The molecule has 1 heterocycles. The van der Waals surface area contributed by atoms with E-state index in [1.807, 2.05) is 19.1 Å². The third kappa shape index (κ3) is 3.63. The fraction of sp³-hybridized carbons (Fsp3) is 0.533. The van der Waals surface area contributed by atoms with E-state index >= 15 is 0 Å². The number of likely N-dealkylation sites (tertiary alicyclic amines) is 1. The number of carbonyl (C=O) groups is 1. The maximum atomic E-state index is 12.4. The van der Waals surface area contributed by atoms with Crippen LogP contribution >= 0.6 is 0 Å². The van der Waals surface area contributed by atoms with E-state index in [9.17, 15) is 13.2 Å². The lowest BCUT2D eigenvalue weighted by Gasteiger charge is -2.17. The van der Waals surface area contributed by atoms with Crippen molar-refractivity contribution in [2.75, 3.05) is 19.6 Å². The first-order valence-corrected chi connectivity index (χ1v) is 8.65. The number of sulfonamides is 1. The van der Waals surface area contributed by atoms with Crippen LogP contribution in [0.5, 0.6) is 0 Å². The Kier molecular flexibility index (Phi) is 4.68. The lowest BCUT2D eigenvalue weighted by Crippen LogP contribution is -2.39. The van der Waals surface area contributed by atoms with Crippen LogP contribution in [0.3, 0.4) is 0 Å². The SMILES string of the molecule is Cc1cc(C)c(S(=O)(=O)NCC(=O)N2CCCC2)c(C)c1. The molecule has 1 N–H and O–H groups in total. The highest BCUT2D eigenvalue weighted by molar-refractivity contribution is 7.89. The number of carbonyl (C=O) groups excluding carboxylic acids is 1. The minimum absolute atomic E-state index is 0.154. The fourth-order valence-electron chi connectivity index (χ4n) is 2.90. The smallest absolute Gasteiger partial charge is 0.241 e. The predicted molar refractivity (Wildman–Crippen MR) is 81.7 cm³/mol. The molecule has 1 fully saturated rings. The minimum Gasteiger partial charge on any atom is -0.342 e. The van der Waals surface area contributed by atoms with E-state index < -0.39 is 10.0 Å². The average Bonchev–Trinajstić information content (AvgIpc) is 2.88. The van der Waals surface area contributed by atoms with Crippen LogP contribution in [0.4, 0.5) is 0 Å². The third-order valence-electron chi connectivity index (χ3n) is 3.75. The average molecular weight is 310 g/mol. The van der Waals surface area contributed by atoms with E-state index in [1.54, 1.807) is 18.7 Å². The van der Waals surface area contributed by atoms with Crippen LogP contribution < -0.4 is 4.72 Å². The van der Waals surface area contributed by atoms with Crippen LogP contribution in [0, 0.1) is 20.8 Å². The van der Waals surface area contributed by atoms with Gasteiger partial charge in [0.2, 0.25) is 15.9 Å². The Bertz CT molecular complexity index is 624. The molecule has 0 aromatic heterocycles. The van der Waals surface area contributed by atoms with Gasteiger partial charge in [0.1, 0.15) is 0 Å². The van der Waals surface area contributed by atoms with E-state index in [1.165, 1.54) is 0 Å². The number of amides is 1. The standard InChI is InChI=1S/C15H22N2O3S/c1-11-8-12(2)15(13(3)9-11)21(19,20)16-10-14(18)17-6-4-5-7-17/h8-9,16H,4-7,10H2,1-3H3. The number of benzene rings is 1. The van der Waals surface area contributed by atoms with Crippen LogP contribution in [0.15, 0.2) is 17.0 Å². The maximum absolute atomic E-state index is 12.4. The van der Waals surface area contributed by atoms with Crippen LogP contribution in [0.25, 0.3) is 0 Å². The Labute approximate surface area is 126 Å². The number of hydrogen-bond acceptors (Lipinski definition) is 3. The largest absolute Gasteiger partial charge is 0.342 e. The quantitative estimate of drug-likeness (QED) is 0.917. The molecule has 0 saturated carbocycles. The summed E-state index contributed by atoms with van der Waals surface area (Å²) in [4.78, 5) is 13.9. The predicted octanol–water partition coefficient (Wildman–Crippen LogP) is 1.51. The van der Waals surface area contributed by atoms with E-state index in [0.717, 1.165) is 31.5 Å². The summed E-state index contributed by atoms with van der Waals surface area (Å²) in [5.41, 5.74) is 2.43. The van der Waals surface area contributed by atoms with Gasteiger partial charge in [0.25, 0.3) is 0 Å². The number of hydrogen-bond donors (Lipinski definition) is 1. The van der Waals surface area contributed by atoms with E-state index in [-0.39, 0.29) is 17.3 Å². The molecule has 0 spiro atoms. The second kappa shape index (κ2) is 6.15. The Morgan fingerprint density at radius 1 is 1.14 bits per heavy atom. The molecule has 1 aliphatic rings. The summed E-state index contributed by atoms with van der Waals surface area (Å²) in [5, 5.41) is 0. The van der Waals surface area contributed by atoms with Gasteiger partial charge in [0.05, 0.1) is 11.4 Å². The van der Waals surface area contributed by atoms with Crippen molar-refractivity contribution < 1.29 is 13.2 Å². The first kappa shape index (κ1) is 16.0. The molecular formula is C15H22N2O3S. The molecule has 116 valence electrons. The molecule has 1 aromatic rings. The molecule has 5 nitrogen and oxygen atoms in total. The van der Waals surface area contributed by atoms with Crippen molar-refractivity contribution >= 4 is 15.9 Å². The molecule has 0 bridgehead atoms. The zero-order valence-electron chi connectivity index (χ0n) is 12.8. The molecule has 1 aliphatic heterocycles. The summed E-state index contributed by atoms with van der Waals surface area (Å²) in [6, 6.07) is 3.67. The molecule has 0 atom stereocenters. The summed E-state index contributed by atoms with van der Waals surface area (Å²) in [5.74, 6) is -0.154. The molecule has 2 rings (SSSR count). The van der Waals surface area contributed by atoms with Crippen molar-refractivity contribution in [1.82, 2.24) is 9.62 Å². The Morgan fingerprint density at radius 2 is 1.67 bits per heavy atom. The highest BCUT2D eigenvalue weighted by Gasteiger charge is 2.23. The summed E-state index contributed by atoms with van der Waals surface area (Å²) < 4.78 is 27.3. The van der Waals surface area contributed by atoms with Gasteiger partial charge in [0.15, 0.2) is 0 Å². The van der Waals surface area contributed by atoms with E-state index in [0.29, 0.717) is 11.1 Å². The first-order valence-electron chi connectivity index (χ1n) is 7.16. The summed E-state index contributed by atoms with van der Waals surface area (Å²) in [6.45, 7) is 6.76. The van der Waals surface area contributed by atoms with Crippen LogP contribution in [0.1, 0.15) is 29.5 Å². The Hall–Kier alpha value is -1.40. The number of rotatable bonds is 4. The van der Waals surface area contributed by atoms with Gasteiger partial charge >= 0.3 is 0 Å². The van der Waals surface area contributed by atoms with Gasteiger partial charge in [-0.25, -0.2) is 13.1 Å². The molecule has 1 amide bonds. The molecule has 0 unspecified atom stereocenters. The lowest BCUT2D eigenvalue weighted by atomic mass is 10.1. The molecule has 0 radical (unpaired) electrons.